The van der Waals surface area contributed by atoms with Crippen LogP contribution < -0.4 is 5.32 Å². The second kappa shape index (κ2) is 5.10. The van der Waals surface area contributed by atoms with Gasteiger partial charge in [-0.3, -0.25) is 0 Å². The first kappa shape index (κ1) is 13.9. The van der Waals surface area contributed by atoms with Gasteiger partial charge in [0.15, 0.2) is 0 Å². The zero-order chi connectivity index (χ0) is 11.4. The topological polar surface area (TPSA) is 41.5 Å². The zero-order valence-corrected chi connectivity index (χ0v) is 10.3. The van der Waals surface area contributed by atoms with Gasteiger partial charge in [-0.25, -0.2) is 0 Å². The van der Waals surface area contributed by atoms with Crippen molar-refractivity contribution in [2.75, 3.05) is 13.2 Å². The number of rotatable bonds is 5. The third kappa shape index (κ3) is 6.35. The summed E-state index contributed by atoms with van der Waals surface area (Å²) in [6.07, 6.45) is -0.364. The van der Waals surface area contributed by atoms with Gasteiger partial charge in [-0.15, -0.1) is 0 Å². The number of ether oxygens (including phenoxy) is 1. The van der Waals surface area contributed by atoms with Crippen LogP contribution >= 0.6 is 0 Å². The van der Waals surface area contributed by atoms with E-state index in [-0.39, 0.29) is 17.2 Å². The molecule has 0 aromatic rings. The van der Waals surface area contributed by atoms with E-state index in [2.05, 4.69) is 5.32 Å². The molecule has 0 aliphatic rings. The van der Waals surface area contributed by atoms with Gasteiger partial charge in [0.1, 0.15) is 0 Å². The highest BCUT2D eigenvalue weighted by molar-refractivity contribution is 4.82. The molecule has 3 nitrogen and oxygen atoms in total. The summed E-state index contributed by atoms with van der Waals surface area (Å²) in [5, 5.41) is 12.7. The minimum absolute atomic E-state index is 0.0867. The lowest BCUT2D eigenvalue weighted by Crippen LogP contribution is -2.49. The van der Waals surface area contributed by atoms with E-state index >= 15 is 0 Å². The van der Waals surface area contributed by atoms with Gasteiger partial charge in [-0.1, -0.05) is 0 Å². The van der Waals surface area contributed by atoms with Gasteiger partial charge >= 0.3 is 0 Å². The Bertz CT molecular complexity index is 159. The molecule has 0 rings (SSSR count). The molecule has 0 spiro atoms. The molecular formula is C11H25NO2. The molecule has 0 aromatic carbocycles. The van der Waals surface area contributed by atoms with Crippen LogP contribution in [0.5, 0.6) is 0 Å². The Morgan fingerprint density at radius 1 is 1.21 bits per heavy atom. The smallest absolute Gasteiger partial charge is 0.0688 e. The summed E-state index contributed by atoms with van der Waals surface area (Å²) in [5.74, 6) is 0. The Kier molecular flexibility index (Phi) is 5.06. The Morgan fingerprint density at radius 3 is 2.07 bits per heavy atom. The number of aliphatic hydroxyl groups is 1. The Balaban J connectivity index is 3.65. The predicted octanol–water partition coefficient (Wildman–Crippen LogP) is 1.55. The summed E-state index contributed by atoms with van der Waals surface area (Å²) in [4.78, 5) is 0. The molecule has 0 aliphatic heterocycles. The van der Waals surface area contributed by atoms with E-state index < -0.39 is 0 Å². The molecule has 0 saturated carbocycles. The highest BCUT2D eigenvalue weighted by Crippen LogP contribution is 2.09. The van der Waals surface area contributed by atoms with E-state index in [1.807, 2.05) is 34.6 Å². The maximum Gasteiger partial charge on any atom is 0.0688 e. The van der Waals surface area contributed by atoms with Crippen LogP contribution in [0.15, 0.2) is 0 Å². The lowest BCUT2D eigenvalue weighted by Gasteiger charge is -2.30. The molecule has 0 bridgehead atoms. The minimum atomic E-state index is -0.364. The fraction of sp³-hybridized carbons (Fsp3) is 1.00. The van der Waals surface area contributed by atoms with Crippen molar-refractivity contribution in [1.29, 1.82) is 0 Å². The van der Waals surface area contributed by atoms with Gasteiger partial charge < -0.3 is 15.2 Å². The monoisotopic (exact) mass is 203 g/mol. The van der Waals surface area contributed by atoms with Crippen LogP contribution in [0.3, 0.4) is 0 Å². The highest BCUT2D eigenvalue weighted by atomic mass is 16.5. The maximum atomic E-state index is 9.44. The van der Waals surface area contributed by atoms with Crippen LogP contribution in [-0.2, 0) is 4.74 Å². The van der Waals surface area contributed by atoms with Crippen molar-refractivity contribution in [3.05, 3.63) is 0 Å². The van der Waals surface area contributed by atoms with Crippen LogP contribution in [0, 0.1) is 0 Å². The summed E-state index contributed by atoms with van der Waals surface area (Å²) in [5.41, 5.74) is -0.335. The third-order valence-electron chi connectivity index (χ3n) is 2.26. The fourth-order valence-corrected chi connectivity index (χ4v) is 0.878. The number of hydrogen-bond donors (Lipinski definition) is 2. The average Bonchev–Trinajstić information content (AvgIpc) is 1.96. The molecule has 0 saturated heterocycles. The fourth-order valence-electron chi connectivity index (χ4n) is 0.878. The summed E-state index contributed by atoms with van der Waals surface area (Å²) in [6.45, 7) is 13.3. The molecule has 0 heterocycles. The molecule has 0 aromatic heterocycles. The molecule has 2 N–H and O–H groups in total. The van der Waals surface area contributed by atoms with Crippen LogP contribution in [0.2, 0.25) is 0 Å². The highest BCUT2D eigenvalue weighted by Gasteiger charge is 2.22. The molecule has 86 valence electrons. The van der Waals surface area contributed by atoms with Crippen molar-refractivity contribution in [1.82, 2.24) is 5.32 Å². The maximum absolute atomic E-state index is 9.44. The Labute approximate surface area is 87.8 Å². The van der Waals surface area contributed by atoms with E-state index in [9.17, 15) is 5.11 Å². The first-order valence-electron chi connectivity index (χ1n) is 5.22. The van der Waals surface area contributed by atoms with E-state index in [1.165, 1.54) is 0 Å². The first-order valence-corrected chi connectivity index (χ1v) is 5.22. The minimum Gasteiger partial charge on any atom is -0.392 e. The summed E-state index contributed by atoms with van der Waals surface area (Å²) in [6, 6.07) is 0. The summed E-state index contributed by atoms with van der Waals surface area (Å²) < 4.78 is 5.56. The van der Waals surface area contributed by atoms with Crippen LogP contribution in [0.4, 0.5) is 0 Å². The SMILES string of the molecule is CC(O)C(C)(C)NCCOC(C)(C)C. The first-order chi connectivity index (χ1) is 6.15. The molecule has 3 heteroatoms. The van der Waals surface area contributed by atoms with Crippen LogP contribution in [0.1, 0.15) is 41.5 Å². The van der Waals surface area contributed by atoms with Gasteiger partial charge in [-0.05, 0) is 41.5 Å². The van der Waals surface area contributed by atoms with Gasteiger partial charge in [0.2, 0.25) is 0 Å². The van der Waals surface area contributed by atoms with Crippen molar-refractivity contribution in [2.24, 2.45) is 0 Å². The van der Waals surface area contributed by atoms with Crippen molar-refractivity contribution < 1.29 is 9.84 Å². The number of aliphatic hydroxyl groups excluding tert-OH is 1. The molecule has 0 fully saturated rings. The van der Waals surface area contributed by atoms with Crippen molar-refractivity contribution in [3.63, 3.8) is 0 Å². The summed E-state index contributed by atoms with van der Waals surface area (Å²) in [7, 11) is 0. The Hall–Kier alpha value is -0.120. The van der Waals surface area contributed by atoms with Crippen LogP contribution in [0.25, 0.3) is 0 Å². The quantitative estimate of drug-likeness (QED) is 0.666. The molecule has 1 unspecified atom stereocenters. The molecule has 14 heavy (non-hydrogen) atoms. The summed E-state index contributed by atoms with van der Waals surface area (Å²) >= 11 is 0. The zero-order valence-electron chi connectivity index (χ0n) is 10.3. The second-order valence-corrected chi connectivity index (χ2v) is 5.29. The lowest BCUT2D eigenvalue weighted by molar-refractivity contribution is -0.00633. The molecule has 1 atom stereocenters. The van der Waals surface area contributed by atoms with E-state index in [0.29, 0.717) is 6.61 Å². The average molecular weight is 203 g/mol. The standard InChI is InChI=1S/C11H25NO2/c1-9(13)11(5,6)12-7-8-14-10(2,3)4/h9,12-13H,7-8H2,1-6H3. The van der Waals surface area contributed by atoms with E-state index in [0.717, 1.165) is 6.54 Å². The van der Waals surface area contributed by atoms with Gasteiger partial charge in [0.05, 0.1) is 18.3 Å². The van der Waals surface area contributed by atoms with Gasteiger partial charge in [-0.2, -0.15) is 0 Å². The Morgan fingerprint density at radius 2 is 1.71 bits per heavy atom. The third-order valence-corrected chi connectivity index (χ3v) is 2.26. The van der Waals surface area contributed by atoms with Crippen molar-refractivity contribution in [2.45, 2.75) is 58.8 Å². The number of hydrogen-bond acceptors (Lipinski definition) is 3. The van der Waals surface area contributed by atoms with Gasteiger partial charge in [0, 0.05) is 12.1 Å². The van der Waals surface area contributed by atoms with Crippen molar-refractivity contribution in [3.8, 4) is 0 Å². The molecule has 0 radical (unpaired) electrons. The van der Waals surface area contributed by atoms with Crippen molar-refractivity contribution >= 4 is 0 Å². The largest absolute Gasteiger partial charge is 0.392 e. The predicted molar refractivity (Wildman–Crippen MR) is 59.5 cm³/mol. The number of nitrogens with one attached hydrogen (secondary N) is 1. The van der Waals surface area contributed by atoms with E-state index in [4.69, 9.17) is 4.74 Å². The lowest BCUT2D eigenvalue weighted by atomic mass is 9.99. The normalized spacial score (nSPS) is 15.6. The molecule has 0 amide bonds. The van der Waals surface area contributed by atoms with Crippen LogP contribution in [-0.4, -0.2) is 35.5 Å². The van der Waals surface area contributed by atoms with E-state index in [1.54, 1.807) is 6.92 Å². The van der Waals surface area contributed by atoms with Gasteiger partial charge in [0.25, 0.3) is 0 Å². The molecule has 0 aliphatic carbocycles. The second-order valence-electron chi connectivity index (χ2n) is 5.29. The molecular weight excluding hydrogens is 178 g/mol.